The second-order valence-electron chi connectivity index (χ2n) is 4.44. The molecule has 7 heteroatoms. The van der Waals surface area contributed by atoms with Crippen LogP contribution in [0.15, 0.2) is 5.03 Å². The number of sulfonamides is 1. The van der Waals surface area contributed by atoms with E-state index < -0.39 is 10.0 Å². The van der Waals surface area contributed by atoms with E-state index in [1.54, 1.807) is 14.0 Å². The molecule has 1 heterocycles. The molecule has 1 aromatic heterocycles. The highest BCUT2D eigenvalue weighted by Gasteiger charge is 2.34. The molecule has 0 unspecified atom stereocenters. The number of nitrogens with zero attached hydrogens (tertiary/aromatic N) is 2. The minimum atomic E-state index is -3.51. The molecule has 2 rings (SSSR count). The van der Waals surface area contributed by atoms with Crippen LogP contribution in [-0.2, 0) is 16.6 Å². The fourth-order valence-corrected chi connectivity index (χ4v) is 3.55. The summed E-state index contributed by atoms with van der Waals surface area (Å²) in [4.78, 5) is 0. The molecular weight excluding hydrogens is 240 g/mol. The monoisotopic (exact) mass is 258 g/mol. The molecule has 0 saturated heterocycles. The van der Waals surface area contributed by atoms with Gasteiger partial charge >= 0.3 is 0 Å². The van der Waals surface area contributed by atoms with Gasteiger partial charge in [0.15, 0.2) is 5.03 Å². The fourth-order valence-electron chi connectivity index (χ4n) is 1.97. The van der Waals surface area contributed by atoms with Crippen LogP contribution in [0.3, 0.4) is 0 Å². The van der Waals surface area contributed by atoms with Crippen molar-refractivity contribution in [3.63, 3.8) is 0 Å². The molecule has 0 aromatic carbocycles. The Morgan fingerprint density at radius 2 is 2.18 bits per heavy atom. The molecule has 1 fully saturated rings. The summed E-state index contributed by atoms with van der Waals surface area (Å²) in [6.07, 6.45) is 2.95. The maximum Gasteiger partial charge on any atom is 0.262 e. The third-order valence-corrected chi connectivity index (χ3v) is 5.34. The van der Waals surface area contributed by atoms with Crippen molar-refractivity contribution in [2.75, 3.05) is 7.05 Å². The van der Waals surface area contributed by atoms with E-state index in [4.69, 9.17) is 5.73 Å². The summed E-state index contributed by atoms with van der Waals surface area (Å²) < 4.78 is 26.1. The van der Waals surface area contributed by atoms with Crippen molar-refractivity contribution in [2.24, 2.45) is 5.73 Å². The quantitative estimate of drug-likeness (QED) is 0.815. The van der Waals surface area contributed by atoms with E-state index in [1.807, 2.05) is 0 Å². The molecule has 1 aromatic rings. The van der Waals surface area contributed by atoms with Crippen LogP contribution in [0.25, 0.3) is 0 Å². The molecule has 0 radical (unpaired) electrons. The standard InChI is InChI=1S/C10H18N4O2S/c1-7-9(6-11)10(13-12-7)17(15,16)14(2)8-4-3-5-8/h8H,3-6,11H2,1-2H3,(H,12,13). The number of aryl methyl sites for hydroxylation is 1. The Labute approximate surface area is 101 Å². The molecule has 1 aliphatic carbocycles. The van der Waals surface area contributed by atoms with Crippen LogP contribution in [0, 0.1) is 6.92 Å². The highest BCUT2D eigenvalue weighted by Crippen LogP contribution is 2.29. The lowest BCUT2D eigenvalue weighted by atomic mass is 9.94. The van der Waals surface area contributed by atoms with Gasteiger partial charge in [0.25, 0.3) is 10.0 Å². The van der Waals surface area contributed by atoms with Crippen molar-refractivity contribution in [3.05, 3.63) is 11.3 Å². The minimum Gasteiger partial charge on any atom is -0.326 e. The second-order valence-corrected chi connectivity index (χ2v) is 6.36. The Morgan fingerprint density at radius 1 is 1.53 bits per heavy atom. The zero-order chi connectivity index (χ0) is 12.6. The molecule has 0 amide bonds. The van der Waals surface area contributed by atoms with E-state index in [9.17, 15) is 8.42 Å². The summed E-state index contributed by atoms with van der Waals surface area (Å²) in [5.41, 5.74) is 6.87. The van der Waals surface area contributed by atoms with Gasteiger partial charge in [0.1, 0.15) is 0 Å². The molecular formula is C10H18N4O2S. The predicted octanol–water partition coefficient (Wildman–Crippen LogP) is 0.350. The van der Waals surface area contributed by atoms with Crippen LogP contribution in [0.2, 0.25) is 0 Å². The van der Waals surface area contributed by atoms with Crippen LogP contribution >= 0.6 is 0 Å². The van der Waals surface area contributed by atoms with E-state index in [0.29, 0.717) is 11.3 Å². The SMILES string of the molecule is Cc1[nH]nc(S(=O)(=O)N(C)C2CCC2)c1CN. The number of aromatic nitrogens is 2. The summed E-state index contributed by atoms with van der Waals surface area (Å²) in [6, 6.07) is 0.114. The van der Waals surface area contributed by atoms with Gasteiger partial charge in [-0.1, -0.05) is 6.42 Å². The molecule has 96 valence electrons. The average molecular weight is 258 g/mol. The largest absolute Gasteiger partial charge is 0.326 e. The number of nitrogens with one attached hydrogen (secondary N) is 1. The van der Waals surface area contributed by atoms with Gasteiger partial charge in [-0.25, -0.2) is 8.42 Å². The lowest BCUT2D eigenvalue weighted by Crippen LogP contribution is -2.41. The summed E-state index contributed by atoms with van der Waals surface area (Å²) in [6.45, 7) is 1.95. The van der Waals surface area contributed by atoms with E-state index in [2.05, 4.69) is 10.2 Å². The van der Waals surface area contributed by atoms with Gasteiger partial charge in [0.2, 0.25) is 0 Å². The molecule has 0 aliphatic heterocycles. The van der Waals surface area contributed by atoms with Gasteiger partial charge in [-0.3, -0.25) is 5.10 Å². The number of hydrogen-bond acceptors (Lipinski definition) is 4. The molecule has 1 aliphatic rings. The van der Waals surface area contributed by atoms with Crippen LogP contribution in [0.4, 0.5) is 0 Å². The Hall–Kier alpha value is -0.920. The van der Waals surface area contributed by atoms with Crippen LogP contribution < -0.4 is 5.73 Å². The molecule has 1 saturated carbocycles. The van der Waals surface area contributed by atoms with Gasteiger partial charge in [-0.05, 0) is 19.8 Å². The van der Waals surface area contributed by atoms with Crippen LogP contribution in [-0.4, -0.2) is 36.0 Å². The lowest BCUT2D eigenvalue weighted by Gasteiger charge is -2.33. The molecule has 0 spiro atoms. The number of hydrogen-bond donors (Lipinski definition) is 2. The van der Waals surface area contributed by atoms with E-state index >= 15 is 0 Å². The summed E-state index contributed by atoms with van der Waals surface area (Å²) >= 11 is 0. The first kappa shape index (κ1) is 12.5. The van der Waals surface area contributed by atoms with Crippen molar-refractivity contribution >= 4 is 10.0 Å². The smallest absolute Gasteiger partial charge is 0.262 e. The zero-order valence-electron chi connectivity index (χ0n) is 10.1. The van der Waals surface area contributed by atoms with Crippen molar-refractivity contribution in [3.8, 4) is 0 Å². The summed E-state index contributed by atoms with van der Waals surface area (Å²) in [5, 5.41) is 6.65. The molecule has 3 N–H and O–H groups in total. The number of rotatable bonds is 4. The normalized spacial score (nSPS) is 17.4. The van der Waals surface area contributed by atoms with Crippen LogP contribution in [0.1, 0.15) is 30.5 Å². The number of nitrogens with two attached hydrogens (primary N) is 1. The summed E-state index contributed by atoms with van der Waals surface area (Å²) in [7, 11) is -1.90. The van der Waals surface area contributed by atoms with E-state index in [0.717, 1.165) is 19.3 Å². The van der Waals surface area contributed by atoms with Gasteiger partial charge in [-0.15, -0.1) is 0 Å². The van der Waals surface area contributed by atoms with Crippen LogP contribution in [0.5, 0.6) is 0 Å². The van der Waals surface area contributed by atoms with Gasteiger partial charge in [-0.2, -0.15) is 9.40 Å². The minimum absolute atomic E-state index is 0.0758. The van der Waals surface area contributed by atoms with Crippen molar-refractivity contribution in [1.82, 2.24) is 14.5 Å². The topological polar surface area (TPSA) is 92.1 Å². The maximum absolute atomic E-state index is 12.3. The molecule has 0 atom stereocenters. The third kappa shape index (κ3) is 1.98. The highest BCUT2D eigenvalue weighted by atomic mass is 32.2. The van der Waals surface area contributed by atoms with Gasteiger partial charge < -0.3 is 5.73 Å². The Kier molecular flexibility index (Phi) is 3.24. The fraction of sp³-hybridized carbons (Fsp3) is 0.700. The van der Waals surface area contributed by atoms with E-state index in [1.165, 1.54) is 4.31 Å². The Morgan fingerprint density at radius 3 is 2.65 bits per heavy atom. The van der Waals surface area contributed by atoms with Crippen molar-refractivity contribution < 1.29 is 8.42 Å². The average Bonchev–Trinajstić information content (AvgIpc) is 2.57. The van der Waals surface area contributed by atoms with Gasteiger partial charge in [0, 0.05) is 30.9 Å². The molecule has 0 bridgehead atoms. The van der Waals surface area contributed by atoms with Crippen molar-refractivity contribution in [2.45, 2.75) is 43.8 Å². The Balaban J connectivity index is 2.36. The molecule has 6 nitrogen and oxygen atoms in total. The lowest BCUT2D eigenvalue weighted by molar-refractivity contribution is 0.249. The number of aromatic amines is 1. The van der Waals surface area contributed by atoms with Crippen molar-refractivity contribution in [1.29, 1.82) is 0 Å². The molecule has 17 heavy (non-hydrogen) atoms. The second kappa shape index (κ2) is 4.40. The zero-order valence-corrected chi connectivity index (χ0v) is 10.9. The third-order valence-electron chi connectivity index (χ3n) is 3.45. The maximum atomic E-state index is 12.3. The predicted molar refractivity (Wildman–Crippen MR) is 63.8 cm³/mol. The number of H-pyrrole nitrogens is 1. The highest BCUT2D eigenvalue weighted by molar-refractivity contribution is 7.89. The Bertz CT molecular complexity index is 504. The first-order valence-corrected chi connectivity index (χ1v) is 7.14. The first-order chi connectivity index (χ1) is 7.98. The van der Waals surface area contributed by atoms with Gasteiger partial charge in [0.05, 0.1) is 0 Å². The summed E-state index contributed by atoms with van der Waals surface area (Å²) in [5.74, 6) is 0. The van der Waals surface area contributed by atoms with E-state index in [-0.39, 0.29) is 17.6 Å². The first-order valence-electron chi connectivity index (χ1n) is 5.70.